The number of aromatic nitrogens is 2. The third-order valence-electron chi connectivity index (χ3n) is 6.55. The van der Waals surface area contributed by atoms with Gasteiger partial charge < -0.3 is 10.2 Å². The molecule has 1 N–H and O–H groups in total. The van der Waals surface area contributed by atoms with Crippen LogP contribution < -0.4 is 10.9 Å². The summed E-state index contributed by atoms with van der Waals surface area (Å²) in [7, 11) is 0. The molecule has 1 aliphatic rings. The van der Waals surface area contributed by atoms with Crippen LogP contribution in [0.3, 0.4) is 0 Å². The van der Waals surface area contributed by atoms with E-state index in [-0.39, 0.29) is 17.6 Å². The minimum absolute atomic E-state index is 0.0173. The Hall–Kier alpha value is -3.19. The van der Waals surface area contributed by atoms with Crippen molar-refractivity contribution in [2.24, 2.45) is 0 Å². The molecule has 1 aliphatic heterocycles. The van der Waals surface area contributed by atoms with E-state index in [1.165, 1.54) is 5.56 Å². The number of urea groups is 1. The highest BCUT2D eigenvalue weighted by Gasteiger charge is 2.29. The molecule has 7 heteroatoms. The van der Waals surface area contributed by atoms with Crippen molar-refractivity contribution >= 4 is 22.6 Å². The quantitative estimate of drug-likeness (QED) is 0.612. The molecule has 7 nitrogen and oxygen atoms in total. The van der Waals surface area contributed by atoms with Gasteiger partial charge in [-0.3, -0.25) is 14.3 Å². The van der Waals surface area contributed by atoms with Crippen LogP contribution in [-0.4, -0.2) is 51.6 Å². The maximum absolute atomic E-state index is 13.1. The second kappa shape index (κ2) is 10.2. The Labute approximate surface area is 195 Å². The molecule has 1 unspecified atom stereocenters. The maximum Gasteiger partial charge on any atom is 0.321 e. The molecule has 3 aromatic rings. The average molecular weight is 448 g/mol. The Kier molecular flexibility index (Phi) is 7.08. The van der Waals surface area contributed by atoms with Crippen LogP contribution in [0.1, 0.15) is 44.6 Å². The first-order valence-electron chi connectivity index (χ1n) is 11.9. The summed E-state index contributed by atoms with van der Waals surface area (Å²) in [5.41, 5.74) is 2.83. The lowest BCUT2D eigenvalue weighted by molar-refractivity contribution is 0.105. The first kappa shape index (κ1) is 23.0. The molecule has 0 aliphatic carbocycles. The zero-order valence-corrected chi connectivity index (χ0v) is 19.8. The van der Waals surface area contributed by atoms with Gasteiger partial charge in [0.25, 0.3) is 5.56 Å². The van der Waals surface area contributed by atoms with Gasteiger partial charge in [-0.15, -0.1) is 0 Å². The van der Waals surface area contributed by atoms with Gasteiger partial charge in [-0.25, -0.2) is 9.78 Å². The fourth-order valence-electron chi connectivity index (χ4n) is 4.61. The second-order valence-corrected chi connectivity index (χ2v) is 8.46. The number of rotatable bonds is 6. The lowest BCUT2D eigenvalue weighted by Gasteiger charge is -2.39. The van der Waals surface area contributed by atoms with Crippen LogP contribution in [-0.2, 0) is 13.0 Å². The van der Waals surface area contributed by atoms with E-state index in [2.05, 4.69) is 24.1 Å². The molecule has 2 amide bonds. The van der Waals surface area contributed by atoms with E-state index >= 15 is 0 Å². The van der Waals surface area contributed by atoms with Crippen molar-refractivity contribution in [1.29, 1.82) is 0 Å². The first-order valence-corrected chi connectivity index (χ1v) is 11.9. The Bertz CT molecular complexity index is 1160. The van der Waals surface area contributed by atoms with Gasteiger partial charge in [-0.1, -0.05) is 38.1 Å². The van der Waals surface area contributed by atoms with Gasteiger partial charge in [0.2, 0.25) is 0 Å². The number of hydrogen-bond donors (Lipinski definition) is 1. The maximum atomic E-state index is 13.1. The predicted octanol–water partition coefficient (Wildman–Crippen LogP) is 4.28. The number of aryl methyl sites for hydroxylation is 1. The topological polar surface area (TPSA) is 70.5 Å². The monoisotopic (exact) mass is 447 g/mol. The van der Waals surface area contributed by atoms with E-state index in [0.717, 1.165) is 43.0 Å². The van der Waals surface area contributed by atoms with E-state index in [1.54, 1.807) is 4.57 Å². The zero-order valence-electron chi connectivity index (χ0n) is 19.8. The smallest absolute Gasteiger partial charge is 0.321 e. The normalized spacial score (nSPS) is 15.5. The Morgan fingerprint density at radius 1 is 1.00 bits per heavy atom. The number of hydrogen-bond acceptors (Lipinski definition) is 4. The van der Waals surface area contributed by atoms with Crippen LogP contribution in [0.15, 0.2) is 53.3 Å². The van der Waals surface area contributed by atoms with Crippen LogP contribution in [0.2, 0.25) is 0 Å². The molecule has 0 spiro atoms. The summed E-state index contributed by atoms with van der Waals surface area (Å²) in [6.45, 7) is 9.58. The van der Waals surface area contributed by atoms with E-state index in [4.69, 9.17) is 4.98 Å². The molecular weight excluding hydrogens is 414 g/mol. The summed E-state index contributed by atoms with van der Waals surface area (Å²) < 4.78 is 1.80. The molecule has 0 bridgehead atoms. The number of para-hydroxylation sites is 1. The van der Waals surface area contributed by atoms with Gasteiger partial charge in [0.1, 0.15) is 5.82 Å². The van der Waals surface area contributed by atoms with Crippen molar-refractivity contribution in [3.05, 3.63) is 70.3 Å². The van der Waals surface area contributed by atoms with Crippen molar-refractivity contribution in [2.45, 2.75) is 46.2 Å². The summed E-state index contributed by atoms with van der Waals surface area (Å²) in [5.74, 6) is 0.817. The minimum atomic E-state index is -0.0683. The SMILES string of the molecule is CCc1ccc(NC(=O)N2CCN(C(CC)c3nc4ccccc4c(=O)n3CC)CC2)cc1. The van der Waals surface area contributed by atoms with E-state index in [0.29, 0.717) is 25.0 Å². The number of benzene rings is 2. The van der Waals surface area contributed by atoms with Crippen molar-refractivity contribution in [3.8, 4) is 0 Å². The standard InChI is InChI=1S/C26H33N5O2/c1-4-19-11-13-20(14-12-19)27-26(33)30-17-15-29(16-18-30)23(5-2)24-28-22-10-8-7-9-21(22)25(32)31(24)6-3/h7-14,23H,4-6,15-18H2,1-3H3,(H,27,33). The zero-order chi connectivity index (χ0) is 23.4. The highest BCUT2D eigenvalue weighted by atomic mass is 16.2. The van der Waals surface area contributed by atoms with Crippen LogP contribution in [0.25, 0.3) is 10.9 Å². The van der Waals surface area contributed by atoms with Crippen molar-refractivity contribution in [3.63, 3.8) is 0 Å². The van der Waals surface area contributed by atoms with Crippen molar-refractivity contribution < 1.29 is 4.79 Å². The number of fused-ring (bicyclic) bond motifs is 1. The van der Waals surface area contributed by atoms with Gasteiger partial charge in [0, 0.05) is 38.4 Å². The minimum Gasteiger partial charge on any atom is -0.322 e. The number of carbonyl (C=O) groups is 1. The molecular formula is C26H33N5O2. The highest BCUT2D eigenvalue weighted by molar-refractivity contribution is 5.89. The average Bonchev–Trinajstić information content (AvgIpc) is 2.85. The van der Waals surface area contributed by atoms with Gasteiger partial charge in [-0.2, -0.15) is 0 Å². The lowest BCUT2D eigenvalue weighted by Crippen LogP contribution is -2.51. The second-order valence-electron chi connectivity index (χ2n) is 8.46. The van der Waals surface area contributed by atoms with Gasteiger partial charge in [0.15, 0.2) is 0 Å². The molecule has 4 rings (SSSR count). The molecule has 1 aromatic heterocycles. The highest BCUT2D eigenvalue weighted by Crippen LogP contribution is 2.25. The third kappa shape index (κ3) is 4.78. The van der Waals surface area contributed by atoms with Crippen molar-refractivity contribution in [2.75, 3.05) is 31.5 Å². The van der Waals surface area contributed by atoms with Crippen LogP contribution in [0, 0.1) is 0 Å². The Morgan fingerprint density at radius 2 is 1.70 bits per heavy atom. The molecule has 33 heavy (non-hydrogen) atoms. The van der Waals surface area contributed by atoms with Crippen LogP contribution in [0.5, 0.6) is 0 Å². The van der Waals surface area contributed by atoms with Gasteiger partial charge in [0.05, 0.1) is 16.9 Å². The largest absolute Gasteiger partial charge is 0.322 e. The molecule has 2 aromatic carbocycles. The fraction of sp³-hybridized carbons (Fsp3) is 0.423. The molecule has 174 valence electrons. The number of piperazine rings is 1. The molecule has 1 saturated heterocycles. The Morgan fingerprint density at radius 3 is 2.33 bits per heavy atom. The summed E-state index contributed by atoms with van der Waals surface area (Å²) in [4.78, 5) is 35.0. The third-order valence-corrected chi connectivity index (χ3v) is 6.55. The molecule has 1 atom stereocenters. The summed E-state index contributed by atoms with van der Waals surface area (Å²) in [6, 6.07) is 15.5. The first-order chi connectivity index (χ1) is 16.0. The number of carbonyl (C=O) groups excluding carboxylic acids is 1. The van der Waals surface area contributed by atoms with E-state index in [9.17, 15) is 9.59 Å². The number of anilines is 1. The summed E-state index contributed by atoms with van der Waals surface area (Å²) in [6.07, 6.45) is 1.83. The van der Waals surface area contributed by atoms with Crippen LogP contribution >= 0.6 is 0 Å². The summed E-state index contributed by atoms with van der Waals surface area (Å²) in [5, 5.41) is 3.67. The van der Waals surface area contributed by atoms with E-state index in [1.807, 2.05) is 60.4 Å². The number of amides is 2. The van der Waals surface area contributed by atoms with Gasteiger partial charge >= 0.3 is 6.03 Å². The van der Waals surface area contributed by atoms with Gasteiger partial charge in [-0.05, 0) is 49.6 Å². The lowest BCUT2D eigenvalue weighted by atomic mass is 10.1. The summed E-state index contributed by atoms with van der Waals surface area (Å²) >= 11 is 0. The predicted molar refractivity (Wildman–Crippen MR) is 133 cm³/mol. The van der Waals surface area contributed by atoms with E-state index < -0.39 is 0 Å². The Balaban J connectivity index is 1.47. The molecule has 1 fully saturated rings. The van der Waals surface area contributed by atoms with Crippen LogP contribution in [0.4, 0.5) is 10.5 Å². The number of nitrogens with zero attached hydrogens (tertiary/aromatic N) is 4. The molecule has 0 saturated carbocycles. The molecule has 0 radical (unpaired) electrons. The molecule has 2 heterocycles. The van der Waals surface area contributed by atoms with Crippen molar-refractivity contribution in [1.82, 2.24) is 19.4 Å². The fourth-order valence-corrected chi connectivity index (χ4v) is 4.61. The number of nitrogens with one attached hydrogen (secondary N) is 1.